The minimum absolute atomic E-state index is 0.141. The predicted octanol–water partition coefficient (Wildman–Crippen LogP) is 2.61. The summed E-state index contributed by atoms with van der Waals surface area (Å²) in [4.78, 5) is 23.7. The number of ketones is 1. The monoisotopic (exact) mass is 357 g/mol. The van der Waals surface area contributed by atoms with E-state index in [1.807, 2.05) is 37.3 Å². The Morgan fingerprint density at radius 2 is 1.85 bits per heavy atom. The number of nitrogens with two attached hydrogens (primary N) is 1. The predicted molar refractivity (Wildman–Crippen MR) is 97.2 cm³/mol. The minimum Gasteiger partial charge on any atom is -0.507 e. The van der Waals surface area contributed by atoms with E-state index in [1.54, 1.807) is 6.07 Å². The number of hydrogen-bond acceptors (Lipinski definition) is 6. The van der Waals surface area contributed by atoms with Crippen molar-refractivity contribution in [2.24, 2.45) is 5.73 Å². The Balaban J connectivity index is 2.02. The summed E-state index contributed by atoms with van der Waals surface area (Å²) in [6, 6.07) is 12.4. The number of ether oxygens (including phenoxy) is 2. The summed E-state index contributed by atoms with van der Waals surface area (Å²) in [6.07, 6.45) is 1.24. The van der Waals surface area contributed by atoms with Crippen molar-refractivity contribution < 1.29 is 24.2 Å². The molecule has 0 saturated heterocycles. The molecule has 0 heterocycles. The Labute approximate surface area is 152 Å². The van der Waals surface area contributed by atoms with Gasteiger partial charge in [-0.3, -0.25) is 4.79 Å². The van der Waals surface area contributed by atoms with Gasteiger partial charge in [0.05, 0.1) is 12.1 Å². The van der Waals surface area contributed by atoms with Gasteiger partial charge in [-0.2, -0.15) is 0 Å². The molecule has 0 amide bonds. The van der Waals surface area contributed by atoms with E-state index in [1.165, 1.54) is 6.07 Å². The second-order valence-corrected chi connectivity index (χ2v) is 5.75. The molecule has 0 atom stereocenters. The highest BCUT2D eigenvalue weighted by atomic mass is 16.6. The lowest BCUT2D eigenvalue weighted by molar-refractivity contribution is -0.147. The number of phenols is 1. The van der Waals surface area contributed by atoms with Crippen molar-refractivity contribution in [1.29, 1.82) is 0 Å². The first-order valence-electron chi connectivity index (χ1n) is 8.47. The summed E-state index contributed by atoms with van der Waals surface area (Å²) < 4.78 is 10.7. The second kappa shape index (κ2) is 9.58. The van der Waals surface area contributed by atoms with E-state index in [-0.39, 0.29) is 36.9 Å². The number of carbonyl (C=O) groups is 2. The van der Waals surface area contributed by atoms with Crippen LogP contribution in [0.2, 0.25) is 0 Å². The molecule has 0 unspecified atom stereocenters. The average Bonchev–Trinajstić information content (AvgIpc) is 2.67. The topological polar surface area (TPSA) is 98.9 Å². The molecule has 6 nitrogen and oxygen atoms in total. The summed E-state index contributed by atoms with van der Waals surface area (Å²) in [7, 11) is 0. The van der Waals surface area contributed by atoms with Crippen LogP contribution in [0.3, 0.4) is 0 Å². The van der Waals surface area contributed by atoms with Gasteiger partial charge in [0.2, 0.25) is 0 Å². The Kier molecular flexibility index (Phi) is 7.17. The maximum atomic E-state index is 11.9. The fourth-order valence-corrected chi connectivity index (χ4v) is 2.50. The maximum Gasteiger partial charge on any atom is 0.344 e. The Hall–Kier alpha value is -2.86. The van der Waals surface area contributed by atoms with Gasteiger partial charge in [0.1, 0.15) is 18.1 Å². The van der Waals surface area contributed by atoms with Crippen molar-refractivity contribution >= 4 is 11.8 Å². The van der Waals surface area contributed by atoms with Crippen LogP contribution in [0, 0.1) is 0 Å². The van der Waals surface area contributed by atoms with Crippen molar-refractivity contribution in [3.8, 4) is 11.5 Å². The van der Waals surface area contributed by atoms with E-state index >= 15 is 0 Å². The number of Topliss-reactive ketones (excluding diaryl/α,β-unsaturated/α-hetero) is 1. The Morgan fingerprint density at radius 3 is 2.50 bits per heavy atom. The number of rotatable bonds is 9. The van der Waals surface area contributed by atoms with Gasteiger partial charge in [0, 0.05) is 5.56 Å². The van der Waals surface area contributed by atoms with E-state index in [0.29, 0.717) is 17.7 Å². The third-order valence-electron chi connectivity index (χ3n) is 3.81. The summed E-state index contributed by atoms with van der Waals surface area (Å²) >= 11 is 0. The van der Waals surface area contributed by atoms with Gasteiger partial charge in [-0.15, -0.1) is 0 Å². The van der Waals surface area contributed by atoms with Crippen molar-refractivity contribution in [2.75, 3.05) is 13.2 Å². The third-order valence-corrected chi connectivity index (χ3v) is 3.81. The fourth-order valence-electron chi connectivity index (χ4n) is 2.50. The summed E-state index contributed by atoms with van der Waals surface area (Å²) in [5.41, 5.74) is 6.90. The molecule has 0 aliphatic heterocycles. The molecule has 6 heteroatoms. The van der Waals surface area contributed by atoms with Gasteiger partial charge in [0.15, 0.2) is 12.4 Å². The highest BCUT2D eigenvalue weighted by Crippen LogP contribution is 2.32. The van der Waals surface area contributed by atoms with Gasteiger partial charge in [-0.25, -0.2) is 4.79 Å². The molecular formula is C20H23NO5. The molecule has 0 radical (unpaired) electrons. The van der Waals surface area contributed by atoms with E-state index in [2.05, 4.69) is 0 Å². The Bertz CT molecular complexity index is 758. The SMILES string of the molecule is CCCc1c(OCC(=O)OCc2ccccc2)ccc(C(=O)CN)c1O. The number of esters is 1. The molecule has 138 valence electrons. The molecule has 0 aromatic heterocycles. The number of carbonyl (C=O) groups excluding carboxylic acids is 2. The summed E-state index contributed by atoms with van der Waals surface area (Å²) in [5.74, 6) is -0.654. The molecule has 0 aliphatic carbocycles. The molecule has 0 bridgehead atoms. The van der Waals surface area contributed by atoms with Crippen molar-refractivity contribution in [3.05, 3.63) is 59.2 Å². The lowest BCUT2D eigenvalue weighted by atomic mass is 10.0. The second-order valence-electron chi connectivity index (χ2n) is 5.75. The molecule has 3 N–H and O–H groups in total. The van der Waals surface area contributed by atoms with Gasteiger partial charge in [0.25, 0.3) is 0 Å². The zero-order valence-corrected chi connectivity index (χ0v) is 14.7. The number of phenolic OH excluding ortho intramolecular Hbond substituents is 1. The molecule has 0 aliphatic rings. The average molecular weight is 357 g/mol. The molecule has 0 spiro atoms. The molecule has 0 fully saturated rings. The Morgan fingerprint density at radius 1 is 1.12 bits per heavy atom. The van der Waals surface area contributed by atoms with E-state index in [4.69, 9.17) is 15.2 Å². The van der Waals surface area contributed by atoms with Crippen LogP contribution in [-0.2, 0) is 22.6 Å². The number of benzene rings is 2. The largest absolute Gasteiger partial charge is 0.507 e. The zero-order valence-electron chi connectivity index (χ0n) is 14.7. The van der Waals surface area contributed by atoms with Gasteiger partial charge >= 0.3 is 5.97 Å². The molecule has 2 rings (SSSR count). The first-order chi connectivity index (χ1) is 12.6. The molecular weight excluding hydrogens is 334 g/mol. The zero-order chi connectivity index (χ0) is 18.9. The van der Waals surface area contributed by atoms with Gasteiger partial charge in [-0.05, 0) is 24.1 Å². The van der Waals surface area contributed by atoms with Crippen LogP contribution < -0.4 is 10.5 Å². The highest BCUT2D eigenvalue weighted by molar-refractivity contribution is 6.00. The first kappa shape index (κ1) is 19.5. The molecule has 0 saturated carbocycles. The van der Waals surface area contributed by atoms with Gasteiger partial charge < -0.3 is 20.3 Å². The van der Waals surface area contributed by atoms with Crippen LogP contribution in [-0.4, -0.2) is 30.0 Å². The van der Waals surface area contributed by atoms with Gasteiger partial charge in [-0.1, -0.05) is 43.7 Å². The van der Waals surface area contributed by atoms with Crippen molar-refractivity contribution in [1.82, 2.24) is 0 Å². The molecule has 26 heavy (non-hydrogen) atoms. The van der Waals surface area contributed by atoms with E-state index < -0.39 is 5.97 Å². The molecule has 2 aromatic rings. The quantitative estimate of drug-likeness (QED) is 0.529. The van der Waals surface area contributed by atoms with E-state index in [9.17, 15) is 14.7 Å². The number of hydrogen-bond donors (Lipinski definition) is 2. The lowest BCUT2D eigenvalue weighted by Gasteiger charge is -2.14. The van der Waals surface area contributed by atoms with E-state index in [0.717, 1.165) is 12.0 Å². The smallest absolute Gasteiger partial charge is 0.344 e. The van der Waals surface area contributed by atoms with Crippen LogP contribution in [0.4, 0.5) is 0 Å². The first-order valence-corrected chi connectivity index (χ1v) is 8.47. The van der Waals surface area contributed by atoms with Crippen LogP contribution in [0.15, 0.2) is 42.5 Å². The van der Waals surface area contributed by atoms with Crippen molar-refractivity contribution in [3.63, 3.8) is 0 Å². The fraction of sp³-hybridized carbons (Fsp3) is 0.300. The van der Waals surface area contributed by atoms with Crippen LogP contribution in [0.5, 0.6) is 11.5 Å². The molecule has 2 aromatic carbocycles. The highest BCUT2D eigenvalue weighted by Gasteiger charge is 2.18. The van der Waals surface area contributed by atoms with Crippen LogP contribution in [0.1, 0.15) is 34.8 Å². The summed E-state index contributed by atoms with van der Waals surface area (Å²) in [5, 5.41) is 10.3. The van der Waals surface area contributed by atoms with Crippen molar-refractivity contribution in [2.45, 2.75) is 26.4 Å². The maximum absolute atomic E-state index is 11.9. The lowest BCUT2D eigenvalue weighted by Crippen LogP contribution is -2.17. The van der Waals surface area contributed by atoms with Crippen LogP contribution in [0.25, 0.3) is 0 Å². The standard InChI is InChI=1S/C20H23NO5/c1-2-6-16-18(10-9-15(20(16)24)17(22)11-21)25-13-19(23)26-12-14-7-4-3-5-8-14/h3-5,7-10,24H,2,6,11-13,21H2,1H3. The number of aromatic hydroxyl groups is 1. The van der Waals surface area contributed by atoms with Crippen LogP contribution >= 0.6 is 0 Å². The third kappa shape index (κ3) is 5.07. The minimum atomic E-state index is -0.516. The normalized spacial score (nSPS) is 10.4. The summed E-state index contributed by atoms with van der Waals surface area (Å²) in [6.45, 7) is 1.63.